The molecule has 4 N–H and O–H groups in total. The van der Waals surface area contributed by atoms with Crippen molar-refractivity contribution in [2.24, 2.45) is 5.41 Å². The van der Waals surface area contributed by atoms with Gasteiger partial charge >= 0.3 is 11.9 Å². The first-order valence-corrected chi connectivity index (χ1v) is 13.7. The molecule has 1 aliphatic heterocycles. The summed E-state index contributed by atoms with van der Waals surface area (Å²) in [6, 6.07) is 7.45. The number of carbonyl (C=O) groups is 2. The van der Waals surface area contributed by atoms with Crippen LogP contribution in [0.5, 0.6) is 0 Å². The maximum absolute atomic E-state index is 12.5. The van der Waals surface area contributed by atoms with Gasteiger partial charge in [-0.1, -0.05) is 44.5 Å². The molecule has 11 heteroatoms. The first-order valence-electron chi connectivity index (χ1n) is 11.6. The van der Waals surface area contributed by atoms with Crippen LogP contribution < -0.4 is 10.6 Å². The lowest BCUT2D eigenvalue weighted by Gasteiger charge is -2.18. The second-order valence-electron chi connectivity index (χ2n) is 9.78. The summed E-state index contributed by atoms with van der Waals surface area (Å²) in [6.45, 7) is 8.17. The molecule has 0 spiro atoms. The zero-order valence-electron chi connectivity index (χ0n) is 20.8. The van der Waals surface area contributed by atoms with E-state index in [0.29, 0.717) is 11.6 Å². The third-order valence-corrected chi connectivity index (χ3v) is 7.68. The zero-order valence-corrected chi connectivity index (χ0v) is 22.4. The third-order valence-electron chi connectivity index (χ3n) is 5.24. The highest BCUT2D eigenvalue weighted by Gasteiger charge is 2.24. The summed E-state index contributed by atoms with van der Waals surface area (Å²) in [5, 5.41) is 23.5. The predicted molar refractivity (Wildman–Crippen MR) is 139 cm³/mol. The molecule has 0 radical (unpaired) electrons. The van der Waals surface area contributed by atoms with E-state index in [-0.39, 0.29) is 29.0 Å². The molecule has 3 rings (SSSR count). The minimum absolute atomic E-state index is 0.0738. The van der Waals surface area contributed by atoms with Gasteiger partial charge in [0.1, 0.15) is 0 Å². The molecule has 1 aromatic heterocycles. The lowest BCUT2D eigenvalue weighted by atomic mass is 10.0. The second kappa shape index (κ2) is 13.0. The van der Waals surface area contributed by atoms with Gasteiger partial charge in [0.05, 0.1) is 29.3 Å². The number of carboxylic acids is 2. The number of sulfone groups is 1. The van der Waals surface area contributed by atoms with Crippen molar-refractivity contribution in [2.45, 2.75) is 58.0 Å². The Kier molecular flexibility index (Phi) is 10.7. The standard InChI is InChI=1S/C21H28ClN3O2S.C4H6O4/c1-21(2,3)14-28(26,27)19-7-4-15(12-24-19)13-25-20-17-9-11-23-10-8-16(17)5-6-18(20)22;5-3(6)1-2-4(7)8/h4-7,12,23,25H,8-11,13-14H2,1-3H3;1-2H2,(H,5,6)(H,7,8). The van der Waals surface area contributed by atoms with Gasteiger partial charge in [-0.3, -0.25) is 9.59 Å². The van der Waals surface area contributed by atoms with E-state index in [4.69, 9.17) is 21.8 Å². The van der Waals surface area contributed by atoms with Crippen molar-refractivity contribution >= 4 is 39.1 Å². The molecule has 36 heavy (non-hydrogen) atoms. The molecule has 0 fully saturated rings. The minimum atomic E-state index is -3.38. The van der Waals surface area contributed by atoms with Gasteiger partial charge in [-0.15, -0.1) is 0 Å². The molecular formula is C25H34ClN3O6S. The SMILES string of the molecule is CC(C)(C)CS(=O)(=O)c1ccc(CNc2c(Cl)ccc3c2CCNCC3)cn1.O=C(O)CCC(=O)O. The highest BCUT2D eigenvalue weighted by molar-refractivity contribution is 7.91. The monoisotopic (exact) mass is 539 g/mol. The molecule has 1 aromatic carbocycles. The Morgan fingerprint density at radius 3 is 2.25 bits per heavy atom. The molecular weight excluding hydrogens is 506 g/mol. The minimum Gasteiger partial charge on any atom is -0.481 e. The van der Waals surface area contributed by atoms with Crippen molar-refractivity contribution in [1.29, 1.82) is 0 Å². The fraction of sp³-hybridized carbons (Fsp3) is 0.480. The van der Waals surface area contributed by atoms with Gasteiger partial charge in [0.25, 0.3) is 0 Å². The van der Waals surface area contributed by atoms with E-state index < -0.39 is 21.8 Å². The van der Waals surface area contributed by atoms with Gasteiger partial charge < -0.3 is 20.8 Å². The van der Waals surface area contributed by atoms with Crippen molar-refractivity contribution in [3.05, 3.63) is 52.2 Å². The lowest BCUT2D eigenvalue weighted by molar-refractivity contribution is -0.143. The second-order valence-corrected chi connectivity index (χ2v) is 12.1. The fourth-order valence-electron chi connectivity index (χ4n) is 3.68. The largest absolute Gasteiger partial charge is 0.481 e. The number of nitrogens with zero attached hydrogens (tertiary/aromatic N) is 1. The highest BCUT2D eigenvalue weighted by atomic mass is 35.5. The number of aromatic nitrogens is 1. The number of hydrogen-bond donors (Lipinski definition) is 4. The summed E-state index contributed by atoms with van der Waals surface area (Å²) in [6.07, 6.45) is 2.95. The number of rotatable bonds is 8. The fourth-order valence-corrected chi connectivity index (χ4v) is 5.70. The van der Waals surface area contributed by atoms with E-state index in [1.807, 2.05) is 32.9 Å². The number of hydrogen-bond acceptors (Lipinski definition) is 7. The maximum atomic E-state index is 12.5. The number of carboxylic acid groups (broad SMARTS) is 2. The summed E-state index contributed by atoms with van der Waals surface area (Å²) < 4.78 is 24.9. The van der Waals surface area contributed by atoms with Crippen LogP contribution in [0.1, 0.15) is 50.3 Å². The number of benzene rings is 1. The average molecular weight is 540 g/mol. The van der Waals surface area contributed by atoms with Gasteiger partial charge in [-0.2, -0.15) is 0 Å². The zero-order chi connectivity index (χ0) is 26.9. The molecule has 198 valence electrons. The predicted octanol–water partition coefficient (Wildman–Crippen LogP) is 3.79. The smallest absolute Gasteiger partial charge is 0.303 e. The van der Waals surface area contributed by atoms with E-state index in [1.165, 1.54) is 11.1 Å². The Hall–Kier alpha value is -2.69. The van der Waals surface area contributed by atoms with Crippen molar-refractivity contribution < 1.29 is 28.2 Å². The van der Waals surface area contributed by atoms with Crippen LogP contribution in [-0.4, -0.2) is 54.4 Å². The molecule has 0 bridgehead atoms. The first-order chi connectivity index (χ1) is 16.8. The van der Waals surface area contributed by atoms with Crippen molar-refractivity contribution in [3.8, 4) is 0 Å². The van der Waals surface area contributed by atoms with Crippen LogP contribution in [0.4, 0.5) is 5.69 Å². The van der Waals surface area contributed by atoms with Crippen molar-refractivity contribution in [1.82, 2.24) is 10.3 Å². The molecule has 1 aliphatic rings. The van der Waals surface area contributed by atoms with Crippen molar-refractivity contribution in [3.63, 3.8) is 0 Å². The molecule has 0 atom stereocenters. The van der Waals surface area contributed by atoms with Gasteiger partial charge in [0, 0.05) is 12.7 Å². The Morgan fingerprint density at radius 2 is 1.69 bits per heavy atom. The lowest BCUT2D eigenvalue weighted by Crippen LogP contribution is -2.21. The van der Waals surface area contributed by atoms with Crippen molar-refractivity contribution in [2.75, 3.05) is 24.2 Å². The van der Waals surface area contributed by atoms with E-state index in [9.17, 15) is 18.0 Å². The molecule has 9 nitrogen and oxygen atoms in total. The molecule has 0 unspecified atom stereocenters. The number of halogens is 1. The van der Waals surface area contributed by atoms with E-state index in [2.05, 4.69) is 21.7 Å². The molecule has 2 heterocycles. The Balaban J connectivity index is 0.000000493. The van der Waals surface area contributed by atoms with Crippen LogP contribution in [-0.2, 0) is 38.8 Å². The number of anilines is 1. The molecule has 2 aromatic rings. The van der Waals surface area contributed by atoms with Crippen LogP contribution >= 0.6 is 11.6 Å². The van der Waals surface area contributed by atoms with E-state index in [0.717, 1.165) is 37.2 Å². The van der Waals surface area contributed by atoms with Gasteiger partial charge in [-0.05, 0) is 60.2 Å². The average Bonchev–Trinajstić information content (AvgIpc) is 3.02. The molecule has 0 amide bonds. The summed E-state index contributed by atoms with van der Waals surface area (Å²) in [7, 11) is -3.38. The topological polar surface area (TPSA) is 146 Å². The Morgan fingerprint density at radius 1 is 1.06 bits per heavy atom. The summed E-state index contributed by atoms with van der Waals surface area (Å²) in [4.78, 5) is 23.5. The summed E-state index contributed by atoms with van der Waals surface area (Å²) in [5.41, 5.74) is 4.15. The van der Waals surface area contributed by atoms with Gasteiger partial charge in [0.15, 0.2) is 14.9 Å². The van der Waals surface area contributed by atoms with Crippen LogP contribution in [0.2, 0.25) is 5.02 Å². The number of pyridine rings is 1. The summed E-state index contributed by atoms with van der Waals surface area (Å²) in [5.74, 6) is -2.08. The number of aliphatic carboxylic acids is 2. The number of fused-ring (bicyclic) bond motifs is 1. The molecule has 0 saturated carbocycles. The quantitative estimate of drug-likeness (QED) is 0.393. The van der Waals surface area contributed by atoms with Gasteiger partial charge in [0.2, 0.25) is 0 Å². The van der Waals surface area contributed by atoms with Crippen LogP contribution in [0.25, 0.3) is 0 Å². The first kappa shape index (κ1) is 29.5. The van der Waals surface area contributed by atoms with Gasteiger partial charge in [-0.25, -0.2) is 13.4 Å². The van der Waals surface area contributed by atoms with E-state index >= 15 is 0 Å². The van der Waals surface area contributed by atoms with Crippen LogP contribution in [0.3, 0.4) is 0 Å². The van der Waals surface area contributed by atoms with Crippen LogP contribution in [0, 0.1) is 5.41 Å². The summed E-state index contributed by atoms with van der Waals surface area (Å²) >= 11 is 6.45. The van der Waals surface area contributed by atoms with Crippen LogP contribution in [0.15, 0.2) is 35.5 Å². The molecule has 0 saturated heterocycles. The third kappa shape index (κ3) is 9.75. The number of nitrogens with one attached hydrogen (secondary N) is 2. The Bertz CT molecular complexity index is 1150. The maximum Gasteiger partial charge on any atom is 0.303 e. The normalized spacial score (nSPS) is 13.6. The highest BCUT2D eigenvalue weighted by Crippen LogP contribution is 2.31. The molecule has 0 aliphatic carbocycles. The Labute approximate surface area is 217 Å². The van der Waals surface area contributed by atoms with E-state index in [1.54, 1.807) is 12.3 Å².